The van der Waals surface area contributed by atoms with Crippen LogP contribution in [0.25, 0.3) is 120 Å². The van der Waals surface area contributed by atoms with Crippen LogP contribution in [-0.4, -0.2) is 9.13 Å². The Labute approximate surface area is 421 Å². The van der Waals surface area contributed by atoms with E-state index in [4.69, 9.17) is 13.1 Å². The number of fused-ring (bicyclic) bond motifs is 6. The molecule has 2 aromatic heterocycles. The van der Waals surface area contributed by atoms with E-state index in [1.165, 1.54) is 0 Å². The summed E-state index contributed by atoms with van der Waals surface area (Å²) >= 11 is 0. The van der Waals surface area contributed by atoms with Crippen molar-refractivity contribution in [3.63, 3.8) is 0 Å². The lowest BCUT2D eigenvalue weighted by Gasteiger charge is -2.20. The molecule has 0 fully saturated rings. The van der Waals surface area contributed by atoms with Gasteiger partial charge in [0.15, 0.2) is 11.4 Å². The standard InChI is InChI=1S/C66H37N7/c1-41-31-65(72-61-27-23-44(50-17-6-4-14-48(50)39-68)33-55(61)57-35-46(25-29-62(57)72)52-19-8-10-21-59(52)70-2)66(37-54(41)43-16-12-13-42(32-43)38-67)73-63-28-24-45(51-18-7-5-15-49(51)40-69)34-56(63)58-36-47(26-30-64(58)73)53-20-9-11-22-60(53)71-3/h4-37H,1H3. The van der Waals surface area contributed by atoms with Crippen LogP contribution in [0.4, 0.5) is 11.4 Å². The van der Waals surface area contributed by atoms with E-state index in [2.05, 4.69) is 129 Å². The fourth-order valence-electron chi connectivity index (χ4n) is 10.6. The second kappa shape index (κ2) is 17.6. The Balaban J connectivity index is 1.21. The molecular weight excluding hydrogens is 891 g/mol. The maximum absolute atomic E-state index is 10.2. The Kier molecular flexibility index (Phi) is 10.5. The summed E-state index contributed by atoms with van der Waals surface area (Å²) in [6.07, 6.45) is 0. The minimum atomic E-state index is 0.559. The van der Waals surface area contributed by atoms with E-state index in [1.807, 2.05) is 121 Å². The van der Waals surface area contributed by atoms with E-state index in [-0.39, 0.29) is 0 Å². The van der Waals surface area contributed by atoms with Crippen molar-refractivity contribution in [3.05, 3.63) is 251 Å². The van der Waals surface area contributed by atoms with Crippen LogP contribution in [0.1, 0.15) is 22.3 Å². The van der Waals surface area contributed by atoms with Gasteiger partial charge < -0.3 is 9.13 Å². The average molecular weight is 928 g/mol. The van der Waals surface area contributed by atoms with Gasteiger partial charge in [0.25, 0.3) is 0 Å². The number of aromatic nitrogens is 2. The number of nitriles is 3. The van der Waals surface area contributed by atoms with E-state index in [9.17, 15) is 15.8 Å². The number of hydrogen-bond acceptors (Lipinski definition) is 3. The number of aryl methyl sites for hydroxylation is 1. The number of benzene rings is 10. The molecule has 0 amide bonds. The highest BCUT2D eigenvalue weighted by Crippen LogP contribution is 2.45. The van der Waals surface area contributed by atoms with Gasteiger partial charge in [-0.15, -0.1) is 0 Å². The minimum Gasteiger partial charge on any atom is -0.307 e. The second-order valence-electron chi connectivity index (χ2n) is 18.0. The molecule has 2 heterocycles. The van der Waals surface area contributed by atoms with E-state index < -0.39 is 0 Å². The van der Waals surface area contributed by atoms with Crippen molar-refractivity contribution in [2.24, 2.45) is 0 Å². The van der Waals surface area contributed by atoms with Crippen LogP contribution < -0.4 is 0 Å². The first-order valence-corrected chi connectivity index (χ1v) is 23.6. The zero-order chi connectivity index (χ0) is 49.7. The third kappa shape index (κ3) is 7.16. The predicted molar refractivity (Wildman–Crippen MR) is 294 cm³/mol. The van der Waals surface area contributed by atoms with Crippen molar-refractivity contribution in [3.8, 4) is 85.2 Å². The molecule has 0 aliphatic carbocycles. The van der Waals surface area contributed by atoms with Crippen molar-refractivity contribution >= 4 is 55.0 Å². The monoisotopic (exact) mass is 927 g/mol. The lowest BCUT2D eigenvalue weighted by molar-refractivity contribution is 1.09. The zero-order valence-electron chi connectivity index (χ0n) is 39.3. The molecule has 0 unspecified atom stereocenters. The molecule has 0 bridgehead atoms. The van der Waals surface area contributed by atoms with Gasteiger partial charge in [-0.25, -0.2) is 9.69 Å². The van der Waals surface area contributed by atoms with Crippen LogP contribution in [0.5, 0.6) is 0 Å². The molecule has 0 atom stereocenters. The van der Waals surface area contributed by atoms with Crippen LogP contribution in [-0.2, 0) is 0 Å². The van der Waals surface area contributed by atoms with Gasteiger partial charge in [-0.3, -0.25) is 0 Å². The first-order chi connectivity index (χ1) is 35.9. The molecule has 336 valence electrons. The molecule has 0 spiro atoms. The summed E-state index contributed by atoms with van der Waals surface area (Å²) in [5, 5.41) is 34.5. The molecule has 12 aromatic rings. The Morgan fingerprint density at radius 2 is 0.740 bits per heavy atom. The van der Waals surface area contributed by atoms with Gasteiger partial charge in [0, 0.05) is 21.5 Å². The summed E-state index contributed by atoms with van der Waals surface area (Å²) in [6, 6.07) is 75.6. The van der Waals surface area contributed by atoms with Crippen LogP contribution >= 0.6 is 0 Å². The maximum Gasteiger partial charge on any atom is 0.194 e. The Hall–Kier alpha value is -10.8. The van der Waals surface area contributed by atoms with E-state index >= 15 is 0 Å². The van der Waals surface area contributed by atoms with Crippen molar-refractivity contribution in [1.29, 1.82) is 15.8 Å². The summed E-state index contributed by atoms with van der Waals surface area (Å²) < 4.78 is 4.64. The first-order valence-electron chi connectivity index (χ1n) is 23.6. The molecule has 0 aliphatic heterocycles. The largest absolute Gasteiger partial charge is 0.307 e. The summed E-state index contributed by atoms with van der Waals surface area (Å²) in [5.74, 6) is 0. The molecule has 12 rings (SSSR count). The highest BCUT2D eigenvalue weighted by Gasteiger charge is 2.24. The molecule has 7 nitrogen and oxygen atoms in total. The lowest BCUT2D eigenvalue weighted by atomic mass is 9.97. The van der Waals surface area contributed by atoms with Gasteiger partial charge in [-0.2, -0.15) is 15.8 Å². The molecule has 73 heavy (non-hydrogen) atoms. The Morgan fingerprint density at radius 3 is 1.16 bits per heavy atom. The second-order valence-corrected chi connectivity index (χ2v) is 18.0. The highest BCUT2D eigenvalue weighted by molar-refractivity contribution is 6.14. The van der Waals surface area contributed by atoms with Crippen molar-refractivity contribution in [2.45, 2.75) is 6.92 Å². The number of hydrogen-bond donors (Lipinski definition) is 0. The highest BCUT2D eigenvalue weighted by atomic mass is 15.1. The first kappa shape index (κ1) is 43.5. The lowest BCUT2D eigenvalue weighted by Crippen LogP contribution is -2.05. The van der Waals surface area contributed by atoms with Crippen molar-refractivity contribution in [2.75, 3.05) is 0 Å². The predicted octanol–water partition coefficient (Wildman–Crippen LogP) is 17.2. The van der Waals surface area contributed by atoms with Gasteiger partial charge in [0.05, 0.1) is 81.5 Å². The van der Waals surface area contributed by atoms with Gasteiger partial charge in [-0.1, -0.05) is 121 Å². The quantitative estimate of drug-likeness (QED) is 0.149. The normalized spacial score (nSPS) is 11.0. The van der Waals surface area contributed by atoms with Crippen LogP contribution in [0.3, 0.4) is 0 Å². The van der Waals surface area contributed by atoms with Gasteiger partial charge in [-0.05, 0) is 153 Å². The number of para-hydroxylation sites is 2. The molecule has 0 aliphatic rings. The van der Waals surface area contributed by atoms with Gasteiger partial charge >= 0.3 is 0 Å². The van der Waals surface area contributed by atoms with Crippen molar-refractivity contribution < 1.29 is 0 Å². The molecule has 10 aromatic carbocycles. The number of rotatable bonds is 7. The zero-order valence-corrected chi connectivity index (χ0v) is 39.3. The fraction of sp³-hybridized carbons (Fsp3) is 0.0152. The Bertz CT molecular complexity index is 4300. The van der Waals surface area contributed by atoms with E-state index in [1.54, 1.807) is 0 Å². The minimum absolute atomic E-state index is 0.559. The molecule has 0 N–H and O–H groups in total. The summed E-state index contributed by atoms with van der Waals surface area (Å²) in [6.45, 7) is 18.2. The summed E-state index contributed by atoms with van der Waals surface area (Å²) in [5.41, 5.74) is 18.2. The van der Waals surface area contributed by atoms with E-state index in [0.29, 0.717) is 28.1 Å². The van der Waals surface area contributed by atoms with E-state index in [0.717, 1.165) is 116 Å². The van der Waals surface area contributed by atoms with Crippen LogP contribution in [0, 0.1) is 54.1 Å². The molecular formula is C66H37N7. The van der Waals surface area contributed by atoms with Crippen LogP contribution in [0.15, 0.2) is 206 Å². The van der Waals surface area contributed by atoms with Crippen molar-refractivity contribution in [1.82, 2.24) is 9.13 Å². The third-order valence-corrected chi connectivity index (χ3v) is 14.0. The molecule has 0 saturated heterocycles. The average Bonchev–Trinajstić information content (AvgIpc) is 3.95. The third-order valence-electron chi connectivity index (χ3n) is 14.0. The molecule has 7 heteroatoms. The Morgan fingerprint density at radius 1 is 0.356 bits per heavy atom. The smallest absolute Gasteiger partial charge is 0.194 e. The van der Waals surface area contributed by atoms with Gasteiger partial charge in [0.1, 0.15) is 0 Å². The topological polar surface area (TPSA) is 90.0 Å². The maximum atomic E-state index is 10.2. The summed E-state index contributed by atoms with van der Waals surface area (Å²) in [7, 11) is 0. The molecule has 0 saturated carbocycles. The number of nitrogens with zero attached hydrogens (tertiary/aromatic N) is 7. The van der Waals surface area contributed by atoms with Gasteiger partial charge in [0.2, 0.25) is 0 Å². The van der Waals surface area contributed by atoms with Crippen LogP contribution in [0.2, 0.25) is 0 Å². The summed E-state index contributed by atoms with van der Waals surface area (Å²) in [4.78, 5) is 7.78. The fourth-order valence-corrected chi connectivity index (χ4v) is 10.6. The SMILES string of the molecule is [C-]#[N+]c1ccccc1-c1ccc2c(c1)c1cc(-c3ccccc3C#N)ccc1n2-c1cc(C)c(-c2cccc(C#N)c2)cc1-n1c2ccc(-c3ccccc3C#N)cc2c2cc(-c3ccccc3[N+]#[C-])ccc21. The molecule has 0 radical (unpaired) electrons.